The molecule has 1 heterocycles. The van der Waals surface area contributed by atoms with Gasteiger partial charge < -0.3 is 4.52 Å². The zero-order chi connectivity index (χ0) is 14.1. The minimum atomic E-state index is -0.330. The third-order valence-corrected chi connectivity index (χ3v) is 4.09. The van der Waals surface area contributed by atoms with Crippen molar-refractivity contribution in [1.82, 2.24) is 10.6 Å². The van der Waals surface area contributed by atoms with Gasteiger partial charge >= 0.3 is 0 Å². The normalized spacial score (nSPS) is 22.9. The lowest BCUT2D eigenvalue weighted by atomic mass is 9.79. The highest BCUT2D eigenvalue weighted by molar-refractivity contribution is 5.80. The first-order valence-corrected chi connectivity index (χ1v) is 6.74. The molecule has 5 nitrogen and oxygen atoms in total. The Labute approximate surface area is 115 Å². The van der Waals surface area contributed by atoms with E-state index in [1.165, 1.54) is 12.1 Å². The number of nitrogens with one attached hydrogen (secondary N) is 1. The van der Waals surface area contributed by atoms with Gasteiger partial charge in [-0.05, 0) is 37.8 Å². The van der Waals surface area contributed by atoms with Gasteiger partial charge in [0.15, 0.2) is 5.58 Å². The second-order valence-electron chi connectivity index (χ2n) is 5.27. The molecule has 1 amide bonds. The van der Waals surface area contributed by atoms with Crippen LogP contribution in [0.3, 0.4) is 0 Å². The molecule has 3 N–H and O–H groups in total. The van der Waals surface area contributed by atoms with Crippen molar-refractivity contribution in [3.05, 3.63) is 29.7 Å². The zero-order valence-electron chi connectivity index (χ0n) is 10.9. The number of fused-ring (bicyclic) bond motifs is 1. The average molecular weight is 277 g/mol. The molecule has 1 fully saturated rings. The number of hydrogen-bond acceptors (Lipinski definition) is 4. The van der Waals surface area contributed by atoms with E-state index >= 15 is 0 Å². The van der Waals surface area contributed by atoms with Gasteiger partial charge in [0.2, 0.25) is 5.91 Å². The van der Waals surface area contributed by atoms with Gasteiger partial charge in [-0.1, -0.05) is 5.16 Å². The molecule has 0 aliphatic heterocycles. The van der Waals surface area contributed by atoms with Gasteiger partial charge in [0, 0.05) is 23.3 Å². The highest BCUT2D eigenvalue weighted by Gasteiger charge is 2.29. The van der Waals surface area contributed by atoms with Gasteiger partial charge in [-0.3, -0.25) is 10.2 Å². The maximum atomic E-state index is 13.1. The Morgan fingerprint density at radius 3 is 2.80 bits per heavy atom. The van der Waals surface area contributed by atoms with E-state index in [1.54, 1.807) is 6.07 Å². The molecule has 1 aromatic heterocycles. The van der Waals surface area contributed by atoms with Crippen LogP contribution in [0.15, 0.2) is 22.7 Å². The number of nitrogens with two attached hydrogens (primary N) is 1. The van der Waals surface area contributed by atoms with Gasteiger partial charge in [0.05, 0.1) is 5.69 Å². The Kier molecular flexibility index (Phi) is 3.40. The van der Waals surface area contributed by atoms with Crippen LogP contribution in [0, 0.1) is 11.7 Å². The summed E-state index contributed by atoms with van der Waals surface area (Å²) in [6, 6.07) is 4.46. The molecule has 0 unspecified atom stereocenters. The van der Waals surface area contributed by atoms with Gasteiger partial charge in [-0.2, -0.15) is 0 Å². The number of hydrazine groups is 1. The van der Waals surface area contributed by atoms with Crippen molar-refractivity contribution in [1.29, 1.82) is 0 Å². The Bertz CT molecular complexity index is 632. The number of carbonyl (C=O) groups is 1. The van der Waals surface area contributed by atoms with Crippen molar-refractivity contribution in [2.45, 2.75) is 31.6 Å². The Hall–Kier alpha value is -1.95. The average Bonchev–Trinajstić information content (AvgIpc) is 2.89. The molecule has 1 saturated carbocycles. The van der Waals surface area contributed by atoms with E-state index in [2.05, 4.69) is 10.6 Å². The molecule has 106 valence electrons. The summed E-state index contributed by atoms with van der Waals surface area (Å²) in [7, 11) is 0. The molecule has 1 aromatic carbocycles. The fraction of sp³-hybridized carbons (Fsp3) is 0.429. The fourth-order valence-corrected chi connectivity index (χ4v) is 2.97. The van der Waals surface area contributed by atoms with Gasteiger partial charge in [-0.15, -0.1) is 0 Å². The first-order valence-electron chi connectivity index (χ1n) is 6.74. The highest BCUT2D eigenvalue weighted by Crippen LogP contribution is 2.38. The standard InChI is InChI=1S/C14H16FN3O2/c15-10-5-6-11-12(7-10)20-18-13(11)8-1-3-9(4-2-8)14(19)17-16/h5-9H,1-4,16H2,(H,17,19). The smallest absolute Gasteiger partial charge is 0.236 e. The van der Waals surface area contributed by atoms with Crippen molar-refractivity contribution in [3.8, 4) is 0 Å². The predicted molar refractivity (Wildman–Crippen MR) is 71.0 cm³/mol. The van der Waals surface area contributed by atoms with Crippen LogP contribution in [-0.4, -0.2) is 11.1 Å². The molecule has 1 aliphatic carbocycles. The summed E-state index contributed by atoms with van der Waals surface area (Å²) >= 11 is 0. The number of carbonyl (C=O) groups excluding carboxylic acids is 1. The van der Waals surface area contributed by atoms with E-state index in [9.17, 15) is 9.18 Å². The van der Waals surface area contributed by atoms with Crippen molar-refractivity contribution >= 4 is 16.9 Å². The molecule has 0 atom stereocenters. The molecule has 6 heteroatoms. The second kappa shape index (κ2) is 5.20. The molecule has 3 rings (SSSR count). The minimum absolute atomic E-state index is 0.0214. The summed E-state index contributed by atoms with van der Waals surface area (Å²) in [5.41, 5.74) is 3.55. The van der Waals surface area contributed by atoms with E-state index < -0.39 is 0 Å². The number of amides is 1. The molecule has 0 bridgehead atoms. The summed E-state index contributed by atoms with van der Waals surface area (Å²) < 4.78 is 18.3. The fourth-order valence-electron chi connectivity index (χ4n) is 2.97. The molecule has 2 aromatic rings. The SMILES string of the molecule is NNC(=O)C1CCC(c2noc3cc(F)ccc23)CC1. The lowest BCUT2D eigenvalue weighted by Gasteiger charge is -2.26. The second-order valence-corrected chi connectivity index (χ2v) is 5.27. The van der Waals surface area contributed by atoms with E-state index in [1.807, 2.05) is 0 Å². The summed E-state index contributed by atoms with van der Waals surface area (Å²) in [5, 5.41) is 4.94. The summed E-state index contributed by atoms with van der Waals surface area (Å²) in [5.74, 6) is 4.96. The molecular weight excluding hydrogens is 261 g/mol. The number of aromatic nitrogens is 1. The topological polar surface area (TPSA) is 81.1 Å². The lowest BCUT2D eigenvalue weighted by molar-refractivity contribution is -0.126. The van der Waals surface area contributed by atoms with Gasteiger partial charge in [0.1, 0.15) is 5.82 Å². The molecule has 0 radical (unpaired) electrons. The Morgan fingerprint density at radius 2 is 2.10 bits per heavy atom. The van der Waals surface area contributed by atoms with Crippen molar-refractivity contribution in [3.63, 3.8) is 0 Å². The lowest BCUT2D eigenvalue weighted by Crippen LogP contribution is -2.37. The van der Waals surface area contributed by atoms with Gasteiger partial charge in [-0.25, -0.2) is 10.2 Å². The summed E-state index contributed by atoms with van der Waals surface area (Å²) in [6.45, 7) is 0. The van der Waals surface area contributed by atoms with Crippen LogP contribution >= 0.6 is 0 Å². The molecular formula is C14H16FN3O2. The van der Waals surface area contributed by atoms with E-state index in [0.717, 1.165) is 36.8 Å². The predicted octanol–water partition coefficient (Wildman–Crippen LogP) is 2.23. The van der Waals surface area contributed by atoms with E-state index in [0.29, 0.717) is 5.58 Å². The summed E-state index contributed by atoms with van der Waals surface area (Å²) in [4.78, 5) is 11.5. The Morgan fingerprint density at radius 1 is 1.35 bits per heavy atom. The van der Waals surface area contributed by atoms with E-state index in [4.69, 9.17) is 10.4 Å². The first-order chi connectivity index (χ1) is 9.69. The molecule has 0 saturated heterocycles. The number of hydrogen-bond donors (Lipinski definition) is 2. The highest BCUT2D eigenvalue weighted by atomic mass is 19.1. The first kappa shape index (κ1) is 13.1. The van der Waals surface area contributed by atoms with Crippen LogP contribution in [0.2, 0.25) is 0 Å². The number of benzene rings is 1. The van der Waals surface area contributed by atoms with Crippen molar-refractivity contribution in [2.75, 3.05) is 0 Å². The molecule has 1 aliphatic rings. The van der Waals surface area contributed by atoms with Crippen molar-refractivity contribution in [2.24, 2.45) is 11.8 Å². The number of halogens is 1. The quantitative estimate of drug-likeness (QED) is 0.501. The zero-order valence-corrected chi connectivity index (χ0v) is 10.9. The van der Waals surface area contributed by atoms with Crippen LogP contribution < -0.4 is 11.3 Å². The van der Waals surface area contributed by atoms with E-state index in [-0.39, 0.29) is 23.6 Å². The van der Waals surface area contributed by atoms with Crippen LogP contribution in [0.4, 0.5) is 4.39 Å². The van der Waals surface area contributed by atoms with Crippen LogP contribution in [0.5, 0.6) is 0 Å². The maximum absolute atomic E-state index is 13.1. The van der Waals surface area contributed by atoms with Crippen molar-refractivity contribution < 1.29 is 13.7 Å². The third kappa shape index (κ3) is 2.27. The summed E-state index contributed by atoms with van der Waals surface area (Å²) in [6.07, 6.45) is 3.28. The van der Waals surface area contributed by atoms with Crippen LogP contribution in [-0.2, 0) is 4.79 Å². The minimum Gasteiger partial charge on any atom is -0.356 e. The molecule has 0 spiro atoms. The Balaban J connectivity index is 1.78. The van der Waals surface area contributed by atoms with Gasteiger partial charge in [0.25, 0.3) is 0 Å². The molecule has 20 heavy (non-hydrogen) atoms. The maximum Gasteiger partial charge on any atom is 0.236 e. The monoisotopic (exact) mass is 277 g/mol. The number of rotatable bonds is 2. The largest absolute Gasteiger partial charge is 0.356 e. The third-order valence-electron chi connectivity index (χ3n) is 4.09. The van der Waals surface area contributed by atoms with Crippen LogP contribution in [0.25, 0.3) is 11.0 Å². The van der Waals surface area contributed by atoms with Crippen LogP contribution in [0.1, 0.15) is 37.3 Å². The number of nitrogens with zero attached hydrogens (tertiary/aromatic N) is 1.